The Morgan fingerprint density at radius 1 is 1.58 bits per heavy atom. The predicted octanol–water partition coefficient (Wildman–Crippen LogP) is 2.62. The van der Waals surface area contributed by atoms with Gasteiger partial charge in [0.1, 0.15) is 5.75 Å². The lowest BCUT2D eigenvalue weighted by Gasteiger charge is -1.99. The van der Waals surface area contributed by atoms with E-state index in [-0.39, 0.29) is 21.9 Å². The van der Waals surface area contributed by atoms with Crippen LogP contribution in [0.4, 0.5) is 0 Å². The van der Waals surface area contributed by atoms with Gasteiger partial charge in [0.2, 0.25) is 0 Å². The Morgan fingerprint density at radius 2 is 2.25 bits per heavy atom. The maximum Gasteiger partial charge on any atom is 0.173 e. The number of carbonyl (C=O) groups is 1. The summed E-state index contributed by atoms with van der Waals surface area (Å²) in [6.45, 7) is 0. The van der Waals surface area contributed by atoms with Crippen LogP contribution in [0.1, 0.15) is 10.4 Å². The second-order valence-corrected chi connectivity index (χ2v) is 3.19. The van der Waals surface area contributed by atoms with Gasteiger partial charge in [0.15, 0.2) is 5.78 Å². The molecule has 1 aromatic rings. The van der Waals surface area contributed by atoms with Crippen LogP contribution in [0.5, 0.6) is 5.75 Å². The third-order valence-corrected chi connectivity index (χ3v) is 2.22. The molecule has 0 fully saturated rings. The summed E-state index contributed by atoms with van der Waals surface area (Å²) in [5.74, 6) is -0.148. The van der Waals surface area contributed by atoms with Gasteiger partial charge in [-0.15, -0.1) is 0 Å². The summed E-state index contributed by atoms with van der Waals surface area (Å²) in [4.78, 5) is 11.1. The number of rotatable bonds is 2. The van der Waals surface area contributed by atoms with Crippen LogP contribution < -0.4 is 0 Å². The lowest BCUT2D eigenvalue weighted by molar-refractivity contribution is 0.102. The van der Waals surface area contributed by atoms with Gasteiger partial charge in [-0.25, -0.2) is 0 Å². The zero-order chi connectivity index (χ0) is 9.14. The van der Waals surface area contributed by atoms with E-state index in [1.165, 1.54) is 12.1 Å². The second kappa shape index (κ2) is 3.92. The summed E-state index contributed by atoms with van der Waals surface area (Å²) in [7, 11) is 0. The molecule has 0 aromatic heterocycles. The number of phenols is 1. The van der Waals surface area contributed by atoms with Crippen LogP contribution in [0, 0.1) is 0 Å². The van der Waals surface area contributed by atoms with Crippen molar-refractivity contribution in [2.75, 3.05) is 5.33 Å². The van der Waals surface area contributed by atoms with Gasteiger partial charge in [-0.2, -0.15) is 0 Å². The molecule has 0 radical (unpaired) electrons. The van der Waals surface area contributed by atoms with Crippen molar-refractivity contribution < 1.29 is 9.90 Å². The summed E-state index contributed by atoms with van der Waals surface area (Å²) in [6.07, 6.45) is 0. The van der Waals surface area contributed by atoms with Crippen LogP contribution in [0.2, 0.25) is 5.02 Å². The molecule has 0 atom stereocenters. The number of carbonyl (C=O) groups excluding carboxylic acids is 1. The Bertz CT molecular complexity index is 312. The highest BCUT2D eigenvalue weighted by Crippen LogP contribution is 2.23. The van der Waals surface area contributed by atoms with Crippen molar-refractivity contribution in [1.82, 2.24) is 0 Å². The lowest BCUT2D eigenvalue weighted by atomic mass is 10.1. The lowest BCUT2D eigenvalue weighted by Crippen LogP contribution is -1.98. The van der Waals surface area contributed by atoms with Crippen molar-refractivity contribution >= 4 is 33.3 Å². The highest BCUT2D eigenvalue weighted by atomic mass is 79.9. The molecule has 12 heavy (non-hydrogen) atoms. The first kappa shape index (κ1) is 9.55. The van der Waals surface area contributed by atoms with Gasteiger partial charge >= 0.3 is 0 Å². The number of Topliss-reactive ketones (excluding diaryl/α,β-unsaturated/α-hetero) is 1. The largest absolute Gasteiger partial charge is 0.506 e. The first-order chi connectivity index (χ1) is 5.65. The third kappa shape index (κ3) is 1.99. The number of halogens is 2. The fourth-order valence-electron chi connectivity index (χ4n) is 0.763. The molecular formula is C8H6BrClO2. The normalized spacial score (nSPS) is 9.83. The molecule has 1 aromatic carbocycles. The predicted molar refractivity (Wildman–Crippen MR) is 51.2 cm³/mol. The van der Waals surface area contributed by atoms with Gasteiger partial charge in [-0.3, -0.25) is 4.79 Å². The molecule has 0 unspecified atom stereocenters. The summed E-state index contributed by atoms with van der Waals surface area (Å²) < 4.78 is 0. The SMILES string of the molecule is O=C(CBr)c1ccc(Cl)c(O)c1. The molecule has 2 nitrogen and oxygen atoms in total. The van der Waals surface area contributed by atoms with Crippen LogP contribution in [0.15, 0.2) is 18.2 Å². The van der Waals surface area contributed by atoms with E-state index in [0.29, 0.717) is 5.56 Å². The van der Waals surface area contributed by atoms with Crippen molar-refractivity contribution in [2.45, 2.75) is 0 Å². The van der Waals surface area contributed by atoms with Gasteiger partial charge in [0, 0.05) is 5.56 Å². The Balaban J connectivity index is 3.05. The summed E-state index contributed by atoms with van der Waals surface area (Å²) in [5.41, 5.74) is 0.453. The number of benzene rings is 1. The molecule has 1 N–H and O–H groups in total. The highest BCUT2D eigenvalue weighted by molar-refractivity contribution is 9.09. The van der Waals surface area contributed by atoms with Crippen LogP contribution in [-0.2, 0) is 0 Å². The molecular weight excluding hydrogens is 243 g/mol. The van der Waals surface area contributed by atoms with E-state index in [1.54, 1.807) is 6.07 Å². The molecule has 0 aliphatic rings. The Kier molecular flexibility index (Phi) is 3.12. The molecule has 0 saturated heterocycles. The topological polar surface area (TPSA) is 37.3 Å². The summed E-state index contributed by atoms with van der Waals surface area (Å²) in [6, 6.07) is 4.42. The van der Waals surface area contributed by atoms with Crippen LogP contribution in [0.25, 0.3) is 0 Å². The minimum atomic E-state index is -0.0815. The van der Waals surface area contributed by atoms with E-state index in [1.807, 2.05) is 0 Å². The number of ketones is 1. The minimum Gasteiger partial charge on any atom is -0.506 e. The zero-order valence-corrected chi connectivity index (χ0v) is 8.39. The number of hydrogen-bond acceptors (Lipinski definition) is 2. The molecule has 0 spiro atoms. The van der Waals surface area contributed by atoms with E-state index >= 15 is 0 Å². The van der Waals surface area contributed by atoms with Crippen molar-refractivity contribution in [2.24, 2.45) is 0 Å². The first-order valence-corrected chi connectivity index (χ1v) is 4.72. The Morgan fingerprint density at radius 3 is 2.75 bits per heavy atom. The van der Waals surface area contributed by atoms with E-state index in [9.17, 15) is 4.79 Å². The van der Waals surface area contributed by atoms with Gasteiger partial charge in [0.05, 0.1) is 10.4 Å². The monoisotopic (exact) mass is 248 g/mol. The van der Waals surface area contributed by atoms with Gasteiger partial charge in [0.25, 0.3) is 0 Å². The molecule has 0 heterocycles. The Hall–Kier alpha value is -0.540. The third-order valence-electron chi connectivity index (χ3n) is 1.39. The molecule has 1 rings (SSSR count). The quantitative estimate of drug-likeness (QED) is 0.646. The van der Waals surface area contributed by atoms with Crippen molar-refractivity contribution in [3.8, 4) is 5.75 Å². The second-order valence-electron chi connectivity index (χ2n) is 2.22. The van der Waals surface area contributed by atoms with E-state index in [4.69, 9.17) is 16.7 Å². The van der Waals surface area contributed by atoms with Crippen LogP contribution >= 0.6 is 27.5 Å². The molecule has 0 aliphatic carbocycles. The highest BCUT2D eigenvalue weighted by Gasteiger charge is 2.06. The Labute approximate surface area is 83.3 Å². The molecule has 0 amide bonds. The van der Waals surface area contributed by atoms with Crippen molar-refractivity contribution in [3.63, 3.8) is 0 Å². The average Bonchev–Trinajstić information content (AvgIpc) is 2.08. The fraction of sp³-hybridized carbons (Fsp3) is 0.125. The van der Waals surface area contributed by atoms with Crippen LogP contribution in [0.3, 0.4) is 0 Å². The van der Waals surface area contributed by atoms with Crippen molar-refractivity contribution in [1.29, 1.82) is 0 Å². The number of phenolic OH excluding ortho intramolecular Hbond substituents is 1. The maximum atomic E-state index is 11.1. The minimum absolute atomic E-state index is 0.0662. The van der Waals surface area contributed by atoms with Crippen LogP contribution in [-0.4, -0.2) is 16.2 Å². The standard InChI is InChI=1S/C8H6BrClO2/c9-4-8(12)5-1-2-6(10)7(11)3-5/h1-3,11H,4H2. The molecule has 0 bridgehead atoms. The van der Waals surface area contributed by atoms with E-state index in [0.717, 1.165) is 0 Å². The summed E-state index contributed by atoms with van der Waals surface area (Å²) >= 11 is 8.59. The van der Waals surface area contributed by atoms with E-state index < -0.39 is 0 Å². The van der Waals surface area contributed by atoms with Gasteiger partial charge < -0.3 is 5.11 Å². The average molecular weight is 249 g/mol. The summed E-state index contributed by atoms with van der Waals surface area (Å²) in [5, 5.41) is 9.64. The number of aromatic hydroxyl groups is 1. The number of hydrogen-bond donors (Lipinski definition) is 1. The first-order valence-electron chi connectivity index (χ1n) is 3.23. The zero-order valence-electron chi connectivity index (χ0n) is 6.05. The smallest absolute Gasteiger partial charge is 0.173 e. The fourth-order valence-corrected chi connectivity index (χ4v) is 1.20. The molecule has 64 valence electrons. The van der Waals surface area contributed by atoms with Gasteiger partial charge in [-0.05, 0) is 18.2 Å². The van der Waals surface area contributed by atoms with Gasteiger partial charge in [-0.1, -0.05) is 27.5 Å². The maximum absolute atomic E-state index is 11.1. The molecule has 4 heteroatoms. The number of alkyl halides is 1. The van der Waals surface area contributed by atoms with E-state index in [2.05, 4.69) is 15.9 Å². The molecule has 0 aliphatic heterocycles. The molecule has 0 saturated carbocycles. The van der Waals surface area contributed by atoms with Crippen molar-refractivity contribution in [3.05, 3.63) is 28.8 Å².